The first-order valence-electron chi connectivity index (χ1n) is 3.74. The SMILES string of the molecule is Brc1nc(I)ccc1OC1CC1. The monoisotopic (exact) mass is 339 g/mol. The molecule has 1 heterocycles. The molecule has 0 bridgehead atoms. The Morgan fingerprint density at radius 2 is 2.25 bits per heavy atom. The van der Waals surface area contributed by atoms with Crippen LogP contribution in [0.5, 0.6) is 5.75 Å². The van der Waals surface area contributed by atoms with E-state index in [0.717, 1.165) is 14.1 Å². The van der Waals surface area contributed by atoms with Crippen LogP contribution in [0, 0.1) is 3.70 Å². The third-order valence-electron chi connectivity index (χ3n) is 1.60. The van der Waals surface area contributed by atoms with Crippen LogP contribution in [-0.2, 0) is 0 Å². The summed E-state index contributed by atoms with van der Waals surface area (Å²) < 4.78 is 7.38. The molecule has 4 heteroatoms. The summed E-state index contributed by atoms with van der Waals surface area (Å²) in [5, 5.41) is 0. The summed E-state index contributed by atoms with van der Waals surface area (Å²) in [5.41, 5.74) is 0. The van der Waals surface area contributed by atoms with E-state index in [0.29, 0.717) is 6.10 Å². The van der Waals surface area contributed by atoms with Crippen LogP contribution in [0.4, 0.5) is 0 Å². The lowest BCUT2D eigenvalue weighted by molar-refractivity contribution is 0.299. The van der Waals surface area contributed by atoms with Crippen molar-refractivity contribution in [1.29, 1.82) is 0 Å². The number of aromatic nitrogens is 1. The zero-order chi connectivity index (χ0) is 8.55. The zero-order valence-electron chi connectivity index (χ0n) is 6.26. The first-order chi connectivity index (χ1) is 5.75. The Morgan fingerprint density at radius 1 is 1.50 bits per heavy atom. The maximum atomic E-state index is 5.60. The van der Waals surface area contributed by atoms with E-state index < -0.39 is 0 Å². The molecule has 12 heavy (non-hydrogen) atoms. The molecule has 1 saturated carbocycles. The van der Waals surface area contributed by atoms with Gasteiger partial charge in [-0.2, -0.15) is 0 Å². The van der Waals surface area contributed by atoms with E-state index in [9.17, 15) is 0 Å². The standard InChI is InChI=1S/C8H7BrINO/c9-8-6(12-5-1-2-5)3-4-7(10)11-8/h3-5H,1-2H2. The highest BCUT2D eigenvalue weighted by molar-refractivity contribution is 14.1. The van der Waals surface area contributed by atoms with Crippen molar-refractivity contribution in [3.05, 3.63) is 20.4 Å². The molecule has 0 spiro atoms. The molecule has 0 N–H and O–H groups in total. The van der Waals surface area contributed by atoms with E-state index in [1.807, 2.05) is 12.1 Å². The average molecular weight is 340 g/mol. The lowest BCUT2D eigenvalue weighted by Crippen LogP contribution is -1.97. The maximum Gasteiger partial charge on any atom is 0.152 e. The van der Waals surface area contributed by atoms with Gasteiger partial charge in [-0.3, -0.25) is 0 Å². The molecular weight excluding hydrogens is 333 g/mol. The van der Waals surface area contributed by atoms with Crippen LogP contribution in [0.2, 0.25) is 0 Å². The number of nitrogens with zero attached hydrogens (tertiary/aromatic N) is 1. The Bertz CT molecular complexity index is 301. The van der Waals surface area contributed by atoms with Crippen molar-refractivity contribution in [1.82, 2.24) is 4.98 Å². The van der Waals surface area contributed by atoms with Crippen LogP contribution in [0.1, 0.15) is 12.8 Å². The summed E-state index contributed by atoms with van der Waals surface area (Å²) in [4.78, 5) is 4.23. The van der Waals surface area contributed by atoms with E-state index in [1.54, 1.807) is 0 Å². The molecule has 1 aliphatic rings. The van der Waals surface area contributed by atoms with Crippen molar-refractivity contribution in [2.24, 2.45) is 0 Å². The van der Waals surface area contributed by atoms with E-state index in [1.165, 1.54) is 12.8 Å². The van der Waals surface area contributed by atoms with Gasteiger partial charge in [0.05, 0.1) is 6.10 Å². The van der Waals surface area contributed by atoms with E-state index >= 15 is 0 Å². The number of halogens is 2. The highest BCUT2D eigenvalue weighted by atomic mass is 127. The van der Waals surface area contributed by atoms with Crippen LogP contribution in [0.15, 0.2) is 16.7 Å². The predicted molar refractivity (Wildman–Crippen MR) is 58.3 cm³/mol. The van der Waals surface area contributed by atoms with Crippen molar-refractivity contribution < 1.29 is 4.74 Å². The Labute approximate surface area is 93.0 Å². The van der Waals surface area contributed by atoms with Gasteiger partial charge in [-0.05, 0) is 63.5 Å². The van der Waals surface area contributed by atoms with Crippen LogP contribution >= 0.6 is 38.5 Å². The van der Waals surface area contributed by atoms with Gasteiger partial charge < -0.3 is 4.74 Å². The molecule has 0 unspecified atom stereocenters. The van der Waals surface area contributed by atoms with Gasteiger partial charge in [-0.25, -0.2) is 4.98 Å². The normalized spacial score (nSPS) is 16.2. The molecule has 1 fully saturated rings. The number of ether oxygens (including phenoxy) is 1. The summed E-state index contributed by atoms with van der Waals surface area (Å²) >= 11 is 5.54. The number of hydrogen-bond donors (Lipinski definition) is 0. The molecule has 0 aromatic carbocycles. The lowest BCUT2D eigenvalue weighted by Gasteiger charge is -2.05. The first kappa shape index (κ1) is 8.74. The third kappa shape index (κ3) is 2.10. The molecule has 0 atom stereocenters. The van der Waals surface area contributed by atoms with Crippen LogP contribution in [-0.4, -0.2) is 11.1 Å². The minimum absolute atomic E-state index is 0.433. The molecule has 1 aromatic rings. The zero-order valence-corrected chi connectivity index (χ0v) is 10.0. The van der Waals surface area contributed by atoms with E-state index in [2.05, 4.69) is 43.5 Å². The first-order valence-corrected chi connectivity index (χ1v) is 5.61. The molecule has 1 aliphatic carbocycles. The van der Waals surface area contributed by atoms with E-state index in [4.69, 9.17) is 4.74 Å². The van der Waals surface area contributed by atoms with Gasteiger partial charge >= 0.3 is 0 Å². The van der Waals surface area contributed by atoms with Gasteiger partial charge in [0.25, 0.3) is 0 Å². The van der Waals surface area contributed by atoms with Crippen molar-refractivity contribution in [3.63, 3.8) is 0 Å². The van der Waals surface area contributed by atoms with Crippen molar-refractivity contribution in [2.45, 2.75) is 18.9 Å². The molecule has 0 amide bonds. The number of hydrogen-bond acceptors (Lipinski definition) is 2. The van der Waals surface area contributed by atoms with Gasteiger partial charge in [0.1, 0.15) is 8.30 Å². The van der Waals surface area contributed by atoms with Gasteiger partial charge in [0.2, 0.25) is 0 Å². The second kappa shape index (κ2) is 3.49. The minimum Gasteiger partial charge on any atom is -0.488 e. The largest absolute Gasteiger partial charge is 0.488 e. The molecular formula is C8H7BrINO. The Kier molecular flexibility index (Phi) is 2.55. The molecule has 64 valence electrons. The Hall–Kier alpha value is 0.160. The molecule has 1 aromatic heterocycles. The number of pyridine rings is 1. The summed E-state index contributed by atoms with van der Waals surface area (Å²) in [6.07, 6.45) is 2.79. The maximum absolute atomic E-state index is 5.60. The Morgan fingerprint density at radius 3 is 2.83 bits per heavy atom. The van der Waals surface area contributed by atoms with Gasteiger partial charge in [0, 0.05) is 0 Å². The smallest absolute Gasteiger partial charge is 0.152 e. The fourth-order valence-electron chi connectivity index (χ4n) is 0.853. The Balaban J connectivity index is 2.18. The minimum atomic E-state index is 0.433. The highest BCUT2D eigenvalue weighted by Gasteiger charge is 2.24. The quantitative estimate of drug-likeness (QED) is 0.610. The van der Waals surface area contributed by atoms with Gasteiger partial charge in [-0.1, -0.05) is 0 Å². The second-order valence-corrected chi connectivity index (χ2v) is 4.60. The van der Waals surface area contributed by atoms with Crippen molar-refractivity contribution in [3.8, 4) is 5.75 Å². The predicted octanol–water partition coefficient (Wildman–Crippen LogP) is 2.99. The van der Waals surface area contributed by atoms with Gasteiger partial charge in [0.15, 0.2) is 5.75 Å². The fourth-order valence-corrected chi connectivity index (χ4v) is 2.02. The topological polar surface area (TPSA) is 22.1 Å². The molecule has 0 saturated heterocycles. The molecule has 2 rings (SSSR count). The summed E-state index contributed by atoms with van der Waals surface area (Å²) in [6.45, 7) is 0. The molecule has 0 radical (unpaired) electrons. The molecule has 2 nitrogen and oxygen atoms in total. The van der Waals surface area contributed by atoms with Gasteiger partial charge in [-0.15, -0.1) is 0 Å². The molecule has 0 aliphatic heterocycles. The number of rotatable bonds is 2. The van der Waals surface area contributed by atoms with Crippen molar-refractivity contribution >= 4 is 38.5 Å². The average Bonchev–Trinajstić information content (AvgIpc) is 2.79. The second-order valence-electron chi connectivity index (χ2n) is 2.74. The fraction of sp³-hybridized carbons (Fsp3) is 0.375. The summed E-state index contributed by atoms with van der Waals surface area (Å²) in [5.74, 6) is 0.859. The highest BCUT2D eigenvalue weighted by Crippen LogP contribution is 2.31. The van der Waals surface area contributed by atoms with Crippen LogP contribution < -0.4 is 4.74 Å². The summed E-state index contributed by atoms with van der Waals surface area (Å²) in [6, 6.07) is 3.90. The van der Waals surface area contributed by atoms with Crippen LogP contribution in [0.25, 0.3) is 0 Å². The summed E-state index contributed by atoms with van der Waals surface area (Å²) in [7, 11) is 0. The third-order valence-corrected chi connectivity index (χ3v) is 2.77. The lowest BCUT2D eigenvalue weighted by atomic mass is 10.5. The van der Waals surface area contributed by atoms with Crippen molar-refractivity contribution in [2.75, 3.05) is 0 Å². The van der Waals surface area contributed by atoms with E-state index in [-0.39, 0.29) is 0 Å². The van der Waals surface area contributed by atoms with Crippen LogP contribution in [0.3, 0.4) is 0 Å².